The van der Waals surface area contributed by atoms with E-state index >= 15 is 0 Å². The van der Waals surface area contributed by atoms with Crippen molar-refractivity contribution in [1.82, 2.24) is 5.32 Å². The van der Waals surface area contributed by atoms with Crippen LogP contribution in [0.4, 0.5) is 0 Å². The molecule has 0 saturated carbocycles. The Morgan fingerprint density at radius 3 is 1.96 bits per heavy atom. The van der Waals surface area contributed by atoms with Crippen LogP contribution in [0.15, 0.2) is 12.1 Å². The van der Waals surface area contributed by atoms with Gasteiger partial charge in [0.1, 0.15) is 0 Å². The fourth-order valence-electron chi connectivity index (χ4n) is 2.05. The summed E-state index contributed by atoms with van der Waals surface area (Å²) in [4.78, 5) is 13.6. The van der Waals surface area contributed by atoms with Crippen molar-refractivity contribution in [2.45, 2.75) is 20.8 Å². The molecule has 0 radical (unpaired) electrons. The van der Waals surface area contributed by atoms with E-state index in [2.05, 4.69) is 5.32 Å². The van der Waals surface area contributed by atoms with Crippen molar-refractivity contribution < 1.29 is 23.9 Å². The molecule has 6 heteroatoms. The first-order valence-corrected chi connectivity index (χ1v) is 8.17. The minimum Gasteiger partial charge on any atom is -0.490 e. The molecule has 130 valence electrons. The van der Waals surface area contributed by atoms with Gasteiger partial charge in [-0.05, 0) is 32.9 Å². The lowest BCUT2D eigenvalue weighted by Crippen LogP contribution is -3.06. The van der Waals surface area contributed by atoms with Gasteiger partial charge in [-0.3, -0.25) is 4.79 Å². The van der Waals surface area contributed by atoms with Crippen LogP contribution in [0, 0.1) is 0 Å². The van der Waals surface area contributed by atoms with Crippen LogP contribution in [0.3, 0.4) is 0 Å². The number of quaternary nitrogens is 1. The van der Waals surface area contributed by atoms with Gasteiger partial charge in [0, 0.05) is 5.56 Å². The van der Waals surface area contributed by atoms with E-state index in [4.69, 9.17) is 14.2 Å². The van der Waals surface area contributed by atoms with Crippen LogP contribution in [-0.2, 0) is 0 Å². The maximum absolute atomic E-state index is 12.3. The predicted molar refractivity (Wildman–Crippen MR) is 90.0 cm³/mol. The van der Waals surface area contributed by atoms with Gasteiger partial charge in [0.2, 0.25) is 5.75 Å². The van der Waals surface area contributed by atoms with E-state index in [0.717, 1.165) is 6.54 Å². The number of rotatable bonds is 10. The summed E-state index contributed by atoms with van der Waals surface area (Å²) in [6, 6.07) is 3.41. The van der Waals surface area contributed by atoms with Crippen LogP contribution in [-0.4, -0.2) is 52.9 Å². The van der Waals surface area contributed by atoms with Gasteiger partial charge in [0.05, 0.1) is 47.0 Å². The Balaban J connectivity index is 3.04. The fourth-order valence-corrected chi connectivity index (χ4v) is 2.05. The molecule has 23 heavy (non-hydrogen) atoms. The zero-order valence-electron chi connectivity index (χ0n) is 14.8. The molecule has 0 aliphatic rings. The third-order valence-electron chi connectivity index (χ3n) is 3.08. The highest BCUT2D eigenvalue weighted by Crippen LogP contribution is 2.39. The molecule has 1 aromatic carbocycles. The van der Waals surface area contributed by atoms with Crippen molar-refractivity contribution in [2.24, 2.45) is 0 Å². The lowest BCUT2D eigenvalue weighted by atomic mass is 10.1. The Kier molecular flexibility index (Phi) is 8.26. The van der Waals surface area contributed by atoms with Crippen LogP contribution < -0.4 is 24.4 Å². The average Bonchev–Trinajstić information content (AvgIpc) is 2.50. The van der Waals surface area contributed by atoms with Gasteiger partial charge in [-0.25, -0.2) is 0 Å². The van der Waals surface area contributed by atoms with Crippen molar-refractivity contribution in [2.75, 3.05) is 47.0 Å². The zero-order chi connectivity index (χ0) is 17.2. The van der Waals surface area contributed by atoms with Crippen molar-refractivity contribution in [3.05, 3.63) is 17.7 Å². The Morgan fingerprint density at radius 1 is 1.00 bits per heavy atom. The second-order valence-corrected chi connectivity index (χ2v) is 5.31. The molecule has 0 spiro atoms. The highest BCUT2D eigenvalue weighted by molar-refractivity contribution is 5.95. The van der Waals surface area contributed by atoms with E-state index in [1.165, 1.54) is 4.90 Å². The zero-order valence-corrected chi connectivity index (χ0v) is 14.8. The summed E-state index contributed by atoms with van der Waals surface area (Å²) in [5.74, 6) is 1.47. The van der Waals surface area contributed by atoms with Crippen LogP contribution in [0.5, 0.6) is 17.2 Å². The molecule has 1 aromatic rings. The molecule has 2 N–H and O–H groups in total. The molecule has 0 atom stereocenters. The summed E-state index contributed by atoms with van der Waals surface area (Å²) < 4.78 is 16.9. The summed E-state index contributed by atoms with van der Waals surface area (Å²) in [6.45, 7) is 8.63. The Bertz CT molecular complexity index is 476. The predicted octanol–water partition coefficient (Wildman–Crippen LogP) is 0.757. The van der Waals surface area contributed by atoms with Gasteiger partial charge >= 0.3 is 0 Å². The van der Waals surface area contributed by atoms with E-state index < -0.39 is 0 Å². The maximum Gasteiger partial charge on any atom is 0.251 e. The molecule has 0 bridgehead atoms. The Labute approximate surface area is 138 Å². The molecule has 6 nitrogen and oxygen atoms in total. The lowest BCUT2D eigenvalue weighted by Gasteiger charge is -2.17. The van der Waals surface area contributed by atoms with Crippen molar-refractivity contribution in [3.63, 3.8) is 0 Å². The van der Waals surface area contributed by atoms with E-state index in [1.54, 1.807) is 12.1 Å². The average molecular weight is 325 g/mol. The molecule has 0 unspecified atom stereocenters. The fraction of sp³-hybridized carbons (Fsp3) is 0.588. The number of likely N-dealkylation sites (N-methyl/N-ethyl adjacent to an activating group) is 1. The van der Waals surface area contributed by atoms with E-state index in [0.29, 0.717) is 49.2 Å². The number of benzene rings is 1. The number of ether oxygens (including phenoxy) is 3. The van der Waals surface area contributed by atoms with Gasteiger partial charge in [0.25, 0.3) is 5.91 Å². The highest BCUT2D eigenvalue weighted by atomic mass is 16.5. The number of hydrogen-bond donors (Lipinski definition) is 2. The molecule has 0 saturated heterocycles. The Hall–Kier alpha value is -1.95. The van der Waals surface area contributed by atoms with E-state index in [-0.39, 0.29) is 5.91 Å². The lowest BCUT2D eigenvalue weighted by molar-refractivity contribution is -0.856. The highest BCUT2D eigenvalue weighted by Gasteiger charge is 2.18. The second-order valence-electron chi connectivity index (χ2n) is 5.31. The standard InChI is InChI=1S/C17H28N2O4/c1-6-21-14-11-13(17(20)18-9-10-19(4)5)12-15(22-7-2)16(14)23-8-3/h11-12H,6-10H2,1-5H3,(H,18,20)/p+1. The first-order chi connectivity index (χ1) is 11.0. The summed E-state index contributed by atoms with van der Waals surface area (Å²) in [5, 5.41) is 2.91. The maximum atomic E-state index is 12.3. The monoisotopic (exact) mass is 325 g/mol. The van der Waals surface area contributed by atoms with Gasteiger partial charge in [-0.15, -0.1) is 0 Å². The summed E-state index contributed by atoms with van der Waals surface area (Å²) in [7, 11) is 4.09. The number of amides is 1. The molecule has 0 fully saturated rings. The first-order valence-electron chi connectivity index (χ1n) is 8.17. The molecule has 0 aliphatic carbocycles. The first kappa shape index (κ1) is 19.1. The summed E-state index contributed by atoms with van der Waals surface area (Å²) in [5.41, 5.74) is 0.508. The molecule has 1 rings (SSSR count). The van der Waals surface area contributed by atoms with Crippen molar-refractivity contribution in [3.8, 4) is 17.2 Å². The van der Waals surface area contributed by atoms with Gasteiger partial charge in [-0.1, -0.05) is 0 Å². The quantitative estimate of drug-likeness (QED) is 0.667. The molecular formula is C17H29N2O4+. The van der Waals surface area contributed by atoms with Crippen LogP contribution >= 0.6 is 0 Å². The third kappa shape index (κ3) is 5.98. The SMILES string of the molecule is CCOc1cc(C(=O)NCC[NH+](C)C)cc(OCC)c1OCC. The number of carbonyl (C=O) groups excluding carboxylic acids is 1. The second kappa shape index (κ2) is 9.94. The molecular weight excluding hydrogens is 296 g/mol. The normalized spacial score (nSPS) is 10.5. The molecule has 0 heterocycles. The van der Waals surface area contributed by atoms with Crippen LogP contribution in [0.1, 0.15) is 31.1 Å². The topological polar surface area (TPSA) is 61.2 Å². The van der Waals surface area contributed by atoms with Crippen molar-refractivity contribution in [1.29, 1.82) is 0 Å². The van der Waals surface area contributed by atoms with Crippen LogP contribution in [0.25, 0.3) is 0 Å². The van der Waals surface area contributed by atoms with Crippen LogP contribution in [0.2, 0.25) is 0 Å². The summed E-state index contributed by atoms with van der Waals surface area (Å²) >= 11 is 0. The van der Waals surface area contributed by atoms with E-state index in [9.17, 15) is 4.79 Å². The number of nitrogens with one attached hydrogen (secondary N) is 2. The minimum atomic E-state index is -0.142. The van der Waals surface area contributed by atoms with E-state index in [1.807, 2.05) is 34.9 Å². The van der Waals surface area contributed by atoms with Gasteiger partial charge in [-0.2, -0.15) is 0 Å². The molecule has 0 aromatic heterocycles. The summed E-state index contributed by atoms with van der Waals surface area (Å²) in [6.07, 6.45) is 0. The Morgan fingerprint density at radius 2 is 1.52 bits per heavy atom. The smallest absolute Gasteiger partial charge is 0.251 e. The van der Waals surface area contributed by atoms with Gasteiger partial charge < -0.3 is 24.4 Å². The van der Waals surface area contributed by atoms with Gasteiger partial charge in [0.15, 0.2) is 11.5 Å². The number of hydrogen-bond acceptors (Lipinski definition) is 4. The molecule has 0 aliphatic heterocycles. The van der Waals surface area contributed by atoms with Crippen molar-refractivity contribution >= 4 is 5.91 Å². The minimum absolute atomic E-state index is 0.142. The number of carbonyl (C=O) groups is 1. The third-order valence-corrected chi connectivity index (χ3v) is 3.08. The molecule has 1 amide bonds. The largest absolute Gasteiger partial charge is 0.490 e.